The molecule has 1 aliphatic rings. The number of aromatic nitrogens is 2. The van der Waals surface area contributed by atoms with Gasteiger partial charge in [-0.3, -0.25) is 19.8 Å². The minimum atomic E-state index is -1.24. The normalized spacial score (nSPS) is 19.0. The average molecular weight is 252 g/mol. The van der Waals surface area contributed by atoms with Crippen LogP contribution in [0.3, 0.4) is 0 Å². The molecule has 8 nitrogen and oxygen atoms in total. The SMILES string of the molecule is CC1(C)C(=O)NC(=O)N(CCc2ncon2)C1=O. The summed E-state index contributed by atoms with van der Waals surface area (Å²) in [5.41, 5.74) is -1.24. The second-order valence-corrected chi connectivity index (χ2v) is 4.44. The Labute approximate surface area is 102 Å². The van der Waals surface area contributed by atoms with E-state index in [9.17, 15) is 14.4 Å². The number of carbonyl (C=O) groups is 3. The topological polar surface area (TPSA) is 105 Å². The number of hydrogen-bond donors (Lipinski definition) is 1. The van der Waals surface area contributed by atoms with Crippen molar-refractivity contribution < 1.29 is 18.9 Å². The maximum atomic E-state index is 12.0. The number of imide groups is 2. The third-order valence-electron chi connectivity index (χ3n) is 2.78. The van der Waals surface area contributed by atoms with E-state index in [2.05, 4.69) is 20.0 Å². The molecule has 1 N–H and O–H groups in total. The van der Waals surface area contributed by atoms with Gasteiger partial charge in [-0.2, -0.15) is 4.98 Å². The summed E-state index contributed by atoms with van der Waals surface area (Å²) in [5, 5.41) is 5.72. The Hall–Kier alpha value is -2.25. The van der Waals surface area contributed by atoms with Crippen LogP contribution in [0.25, 0.3) is 0 Å². The highest BCUT2D eigenvalue weighted by atomic mass is 16.5. The van der Waals surface area contributed by atoms with Crippen molar-refractivity contribution >= 4 is 17.8 Å². The van der Waals surface area contributed by atoms with E-state index in [1.165, 1.54) is 20.2 Å². The predicted molar refractivity (Wildman–Crippen MR) is 57.0 cm³/mol. The van der Waals surface area contributed by atoms with Crippen LogP contribution >= 0.6 is 0 Å². The molecule has 1 aromatic rings. The van der Waals surface area contributed by atoms with Crippen molar-refractivity contribution in [3.05, 3.63) is 12.2 Å². The number of nitrogens with one attached hydrogen (secondary N) is 1. The van der Waals surface area contributed by atoms with Gasteiger partial charge in [0.1, 0.15) is 5.41 Å². The quantitative estimate of drug-likeness (QED) is 0.741. The molecule has 0 bridgehead atoms. The highest BCUT2D eigenvalue weighted by Gasteiger charge is 2.46. The van der Waals surface area contributed by atoms with Crippen LogP contribution in [0.15, 0.2) is 10.9 Å². The molecule has 0 unspecified atom stereocenters. The summed E-state index contributed by atoms with van der Waals surface area (Å²) < 4.78 is 4.55. The van der Waals surface area contributed by atoms with E-state index in [1.807, 2.05) is 0 Å². The van der Waals surface area contributed by atoms with Crippen LogP contribution in [-0.2, 0) is 16.0 Å². The molecule has 1 fully saturated rings. The van der Waals surface area contributed by atoms with E-state index in [4.69, 9.17) is 0 Å². The largest absolute Gasteiger partial charge is 0.343 e. The van der Waals surface area contributed by atoms with Gasteiger partial charge in [0.2, 0.25) is 18.2 Å². The predicted octanol–water partition coefficient (Wildman–Crippen LogP) is -0.283. The van der Waals surface area contributed by atoms with Gasteiger partial charge in [0.25, 0.3) is 0 Å². The number of carbonyl (C=O) groups excluding carboxylic acids is 3. The van der Waals surface area contributed by atoms with Crippen molar-refractivity contribution in [2.75, 3.05) is 6.54 Å². The van der Waals surface area contributed by atoms with Crippen molar-refractivity contribution in [3.63, 3.8) is 0 Å². The highest BCUT2D eigenvalue weighted by Crippen LogP contribution is 2.23. The fourth-order valence-electron chi connectivity index (χ4n) is 1.57. The number of barbiturate groups is 1. The number of nitrogens with zero attached hydrogens (tertiary/aromatic N) is 3. The van der Waals surface area contributed by atoms with Crippen molar-refractivity contribution in [3.8, 4) is 0 Å². The Balaban J connectivity index is 2.09. The number of urea groups is 1. The average Bonchev–Trinajstić information content (AvgIpc) is 2.80. The number of rotatable bonds is 3. The second kappa shape index (κ2) is 4.21. The van der Waals surface area contributed by atoms with Gasteiger partial charge < -0.3 is 4.52 Å². The smallest absolute Gasteiger partial charge is 0.330 e. The summed E-state index contributed by atoms with van der Waals surface area (Å²) in [6, 6.07) is -0.715. The zero-order valence-corrected chi connectivity index (χ0v) is 9.97. The molecule has 8 heteroatoms. The van der Waals surface area contributed by atoms with Crippen LogP contribution in [0.4, 0.5) is 4.79 Å². The lowest BCUT2D eigenvalue weighted by atomic mass is 9.89. The molecule has 0 saturated carbocycles. The summed E-state index contributed by atoms with van der Waals surface area (Å²) in [4.78, 5) is 39.8. The molecule has 1 saturated heterocycles. The van der Waals surface area contributed by atoms with Gasteiger partial charge in [-0.25, -0.2) is 4.79 Å². The minimum Gasteiger partial charge on any atom is -0.343 e. The first kappa shape index (κ1) is 12.2. The Kier molecular flexibility index (Phi) is 2.85. The van der Waals surface area contributed by atoms with Gasteiger partial charge in [-0.15, -0.1) is 0 Å². The fourth-order valence-corrected chi connectivity index (χ4v) is 1.57. The molecule has 2 rings (SSSR count). The lowest BCUT2D eigenvalue weighted by Gasteiger charge is -2.34. The molecule has 1 aliphatic heterocycles. The molecular formula is C10H12N4O4. The van der Waals surface area contributed by atoms with Gasteiger partial charge in [0.05, 0.1) is 0 Å². The van der Waals surface area contributed by atoms with Crippen LogP contribution in [0.2, 0.25) is 0 Å². The zero-order valence-electron chi connectivity index (χ0n) is 9.97. The summed E-state index contributed by atoms with van der Waals surface area (Å²) in [5.74, 6) is -0.724. The van der Waals surface area contributed by atoms with E-state index >= 15 is 0 Å². The lowest BCUT2D eigenvalue weighted by Crippen LogP contribution is -2.62. The molecule has 0 radical (unpaired) electrons. The van der Waals surface area contributed by atoms with Gasteiger partial charge in [-0.05, 0) is 13.8 Å². The summed E-state index contributed by atoms with van der Waals surface area (Å²) in [7, 11) is 0. The Morgan fingerprint density at radius 1 is 1.39 bits per heavy atom. The molecule has 1 aromatic heterocycles. The Morgan fingerprint density at radius 3 is 2.72 bits per heavy atom. The van der Waals surface area contributed by atoms with E-state index in [0.29, 0.717) is 5.82 Å². The monoisotopic (exact) mass is 252 g/mol. The van der Waals surface area contributed by atoms with Crippen molar-refractivity contribution in [2.24, 2.45) is 5.41 Å². The van der Waals surface area contributed by atoms with Crippen molar-refractivity contribution in [1.82, 2.24) is 20.4 Å². The Morgan fingerprint density at radius 2 is 2.11 bits per heavy atom. The molecule has 0 spiro atoms. The van der Waals surface area contributed by atoms with Gasteiger partial charge in [0, 0.05) is 13.0 Å². The van der Waals surface area contributed by atoms with Crippen molar-refractivity contribution in [2.45, 2.75) is 20.3 Å². The third-order valence-corrected chi connectivity index (χ3v) is 2.78. The third kappa shape index (κ3) is 1.96. The summed E-state index contributed by atoms with van der Waals surface area (Å²) in [6.07, 6.45) is 1.45. The molecule has 18 heavy (non-hydrogen) atoms. The number of hydrogen-bond acceptors (Lipinski definition) is 6. The minimum absolute atomic E-state index is 0.0981. The first-order chi connectivity index (χ1) is 8.43. The van der Waals surface area contributed by atoms with Gasteiger partial charge >= 0.3 is 6.03 Å². The fraction of sp³-hybridized carbons (Fsp3) is 0.500. The van der Waals surface area contributed by atoms with Gasteiger partial charge in [-0.1, -0.05) is 5.16 Å². The van der Waals surface area contributed by atoms with Crippen LogP contribution in [-0.4, -0.2) is 39.4 Å². The zero-order chi connectivity index (χ0) is 13.3. The van der Waals surface area contributed by atoms with E-state index in [-0.39, 0.29) is 13.0 Å². The standard InChI is InChI=1S/C10H12N4O4/c1-10(2)7(15)12-9(17)14(8(10)16)4-3-6-11-5-18-13-6/h5H,3-4H2,1-2H3,(H,12,15,17). The maximum Gasteiger partial charge on any atom is 0.330 e. The van der Waals surface area contributed by atoms with Gasteiger partial charge in [0.15, 0.2) is 5.82 Å². The Bertz CT molecular complexity index is 494. The van der Waals surface area contributed by atoms with Crippen LogP contribution < -0.4 is 5.32 Å². The highest BCUT2D eigenvalue weighted by molar-refractivity contribution is 6.18. The van der Waals surface area contributed by atoms with Crippen LogP contribution in [0.1, 0.15) is 19.7 Å². The molecular weight excluding hydrogens is 240 g/mol. The lowest BCUT2D eigenvalue weighted by molar-refractivity contribution is -0.148. The number of amides is 4. The summed E-state index contributed by atoms with van der Waals surface area (Å²) in [6.45, 7) is 3.04. The summed E-state index contributed by atoms with van der Waals surface area (Å²) >= 11 is 0. The first-order valence-corrected chi connectivity index (χ1v) is 5.35. The second-order valence-electron chi connectivity index (χ2n) is 4.44. The molecule has 2 heterocycles. The van der Waals surface area contributed by atoms with Crippen LogP contribution in [0.5, 0.6) is 0 Å². The molecule has 96 valence electrons. The van der Waals surface area contributed by atoms with E-state index in [0.717, 1.165) is 4.90 Å². The molecule has 4 amide bonds. The van der Waals surface area contributed by atoms with Crippen LogP contribution in [0, 0.1) is 5.41 Å². The van der Waals surface area contributed by atoms with Crippen molar-refractivity contribution in [1.29, 1.82) is 0 Å². The van der Waals surface area contributed by atoms with E-state index < -0.39 is 23.3 Å². The first-order valence-electron chi connectivity index (χ1n) is 5.35. The molecule has 0 aliphatic carbocycles. The molecule has 0 atom stereocenters. The van der Waals surface area contributed by atoms with E-state index in [1.54, 1.807) is 0 Å². The maximum absolute atomic E-state index is 12.0. The molecule has 0 aromatic carbocycles.